The molecule has 1 heterocycles. The second-order valence-electron chi connectivity index (χ2n) is 6.71. The Morgan fingerprint density at radius 3 is 2.36 bits per heavy atom. The zero-order chi connectivity index (χ0) is 20.1. The number of ether oxygens (including phenoxy) is 2. The zero-order valence-electron chi connectivity index (χ0n) is 16.6. The minimum Gasteiger partial charge on any atom is -0.496 e. The highest BCUT2D eigenvalue weighted by molar-refractivity contribution is 5.89. The molecule has 0 N–H and O–H groups in total. The van der Waals surface area contributed by atoms with Crippen LogP contribution < -0.4 is 14.9 Å². The fraction of sp³-hybridized carbons (Fsp3) is 0.208. The number of hydrogen-bond donors (Lipinski definition) is 0. The molecule has 0 fully saturated rings. The van der Waals surface area contributed by atoms with E-state index in [0.29, 0.717) is 34.6 Å². The number of rotatable bonds is 6. The third-order valence-corrected chi connectivity index (χ3v) is 4.44. The van der Waals surface area contributed by atoms with Crippen LogP contribution in [0.25, 0.3) is 23.1 Å². The molecule has 28 heavy (non-hydrogen) atoms. The van der Waals surface area contributed by atoms with Crippen molar-refractivity contribution in [2.24, 2.45) is 0 Å². The van der Waals surface area contributed by atoms with Gasteiger partial charge in [-0.25, -0.2) is 0 Å². The van der Waals surface area contributed by atoms with Crippen LogP contribution in [0.1, 0.15) is 30.7 Å². The normalized spacial score (nSPS) is 11.0. The van der Waals surface area contributed by atoms with Crippen molar-refractivity contribution >= 4 is 23.1 Å². The van der Waals surface area contributed by atoms with Crippen molar-refractivity contribution < 1.29 is 13.9 Å². The van der Waals surface area contributed by atoms with Crippen LogP contribution in [-0.4, -0.2) is 14.2 Å². The topological polar surface area (TPSA) is 48.7 Å². The fourth-order valence-corrected chi connectivity index (χ4v) is 3.01. The summed E-state index contributed by atoms with van der Waals surface area (Å²) in [6, 6.07) is 13.1. The summed E-state index contributed by atoms with van der Waals surface area (Å²) in [6.45, 7) is 4.06. The molecule has 4 nitrogen and oxygen atoms in total. The predicted molar refractivity (Wildman–Crippen MR) is 114 cm³/mol. The maximum absolute atomic E-state index is 12.9. The summed E-state index contributed by atoms with van der Waals surface area (Å²) in [5.74, 6) is 1.56. The standard InChI is InChI=1S/C24H24O4/c1-16(2)10-13-19-21(26-3)15-22(27-4)23-20(25)14-18(28-24(19)23)12-11-17-8-6-5-7-9-17/h5-12,14-15H,13H2,1-4H3/b12-11+. The smallest absolute Gasteiger partial charge is 0.197 e. The molecule has 0 aliphatic rings. The summed E-state index contributed by atoms with van der Waals surface area (Å²) in [4.78, 5) is 12.9. The molecule has 0 atom stereocenters. The Morgan fingerprint density at radius 2 is 1.71 bits per heavy atom. The van der Waals surface area contributed by atoms with Gasteiger partial charge in [-0.2, -0.15) is 0 Å². The summed E-state index contributed by atoms with van der Waals surface area (Å²) >= 11 is 0. The van der Waals surface area contributed by atoms with Crippen molar-refractivity contribution in [1.82, 2.24) is 0 Å². The van der Waals surface area contributed by atoms with Gasteiger partial charge in [0, 0.05) is 17.7 Å². The third-order valence-electron chi connectivity index (χ3n) is 4.44. The van der Waals surface area contributed by atoms with Crippen LogP contribution in [0.2, 0.25) is 0 Å². The summed E-state index contributed by atoms with van der Waals surface area (Å²) in [5, 5.41) is 0.428. The minimum absolute atomic E-state index is 0.146. The van der Waals surface area contributed by atoms with E-state index in [1.165, 1.54) is 18.7 Å². The van der Waals surface area contributed by atoms with Gasteiger partial charge in [0.25, 0.3) is 0 Å². The molecule has 144 valence electrons. The number of hydrogen-bond acceptors (Lipinski definition) is 4. The largest absolute Gasteiger partial charge is 0.496 e. The molecule has 0 radical (unpaired) electrons. The summed E-state index contributed by atoms with van der Waals surface area (Å²) in [7, 11) is 3.14. The summed E-state index contributed by atoms with van der Waals surface area (Å²) in [5.41, 5.74) is 3.37. The molecule has 0 spiro atoms. The molecule has 0 unspecified atom stereocenters. The molecule has 0 aliphatic heterocycles. The molecular formula is C24H24O4. The molecule has 0 saturated heterocycles. The highest BCUT2D eigenvalue weighted by Crippen LogP contribution is 2.35. The molecule has 1 aromatic heterocycles. The molecule has 0 saturated carbocycles. The maximum Gasteiger partial charge on any atom is 0.197 e. The highest BCUT2D eigenvalue weighted by Gasteiger charge is 2.18. The molecule has 0 bridgehead atoms. The molecular weight excluding hydrogens is 352 g/mol. The van der Waals surface area contributed by atoms with Crippen molar-refractivity contribution in [3.05, 3.63) is 81.2 Å². The van der Waals surface area contributed by atoms with Crippen LogP contribution >= 0.6 is 0 Å². The first-order valence-corrected chi connectivity index (χ1v) is 9.11. The van der Waals surface area contributed by atoms with E-state index in [2.05, 4.69) is 6.08 Å². The predicted octanol–water partition coefficient (Wildman–Crippen LogP) is 5.49. The third kappa shape index (κ3) is 4.17. The van der Waals surface area contributed by atoms with Crippen LogP contribution in [0.3, 0.4) is 0 Å². The van der Waals surface area contributed by atoms with Crippen LogP contribution in [-0.2, 0) is 6.42 Å². The number of benzene rings is 2. The van der Waals surface area contributed by atoms with Crippen molar-refractivity contribution in [2.75, 3.05) is 14.2 Å². The Bertz CT molecular complexity index is 1090. The van der Waals surface area contributed by atoms with Crippen molar-refractivity contribution in [3.63, 3.8) is 0 Å². The van der Waals surface area contributed by atoms with Crippen molar-refractivity contribution in [3.8, 4) is 11.5 Å². The number of fused-ring (bicyclic) bond motifs is 1. The van der Waals surface area contributed by atoms with Gasteiger partial charge in [0.1, 0.15) is 28.2 Å². The lowest BCUT2D eigenvalue weighted by Crippen LogP contribution is -2.06. The molecule has 3 aromatic rings. The van der Waals surface area contributed by atoms with Crippen molar-refractivity contribution in [1.29, 1.82) is 0 Å². The van der Waals surface area contributed by atoms with Gasteiger partial charge < -0.3 is 13.9 Å². The van der Waals surface area contributed by atoms with Crippen LogP contribution in [0.15, 0.2) is 63.3 Å². The average molecular weight is 376 g/mol. The van der Waals surface area contributed by atoms with Gasteiger partial charge >= 0.3 is 0 Å². The first kappa shape index (κ1) is 19.5. The van der Waals surface area contributed by atoms with E-state index >= 15 is 0 Å². The zero-order valence-corrected chi connectivity index (χ0v) is 16.6. The maximum atomic E-state index is 12.9. The Hall–Kier alpha value is -3.27. The summed E-state index contributed by atoms with van der Waals surface area (Å²) < 4.78 is 17.1. The highest BCUT2D eigenvalue weighted by atomic mass is 16.5. The number of methoxy groups -OCH3 is 2. The van der Waals surface area contributed by atoms with Gasteiger partial charge in [0.2, 0.25) is 0 Å². The quantitative estimate of drug-likeness (QED) is 0.534. The number of allylic oxidation sites excluding steroid dienone is 2. The Balaban J connectivity index is 2.22. The first-order chi connectivity index (χ1) is 13.5. The van der Waals surface area contributed by atoms with Crippen LogP contribution in [0.4, 0.5) is 0 Å². The lowest BCUT2D eigenvalue weighted by Gasteiger charge is -2.13. The van der Waals surface area contributed by atoms with Gasteiger partial charge in [-0.3, -0.25) is 4.79 Å². The van der Waals surface area contributed by atoms with Crippen LogP contribution in [0, 0.1) is 0 Å². The lowest BCUT2D eigenvalue weighted by atomic mass is 10.0. The Kier molecular flexibility index (Phi) is 5.99. The Labute approximate surface area is 164 Å². The van der Waals surface area contributed by atoms with Gasteiger partial charge in [-0.15, -0.1) is 0 Å². The first-order valence-electron chi connectivity index (χ1n) is 9.11. The van der Waals surface area contributed by atoms with E-state index in [1.54, 1.807) is 19.3 Å². The molecule has 0 aliphatic carbocycles. The Morgan fingerprint density at radius 1 is 1.00 bits per heavy atom. The second-order valence-corrected chi connectivity index (χ2v) is 6.71. The van der Waals surface area contributed by atoms with Gasteiger partial charge in [0.15, 0.2) is 5.43 Å². The molecule has 2 aromatic carbocycles. The van der Waals surface area contributed by atoms with Gasteiger partial charge in [-0.1, -0.05) is 48.1 Å². The summed E-state index contributed by atoms with van der Waals surface area (Å²) in [6.07, 6.45) is 6.39. The molecule has 3 rings (SSSR count). The monoisotopic (exact) mass is 376 g/mol. The lowest BCUT2D eigenvalue weighted by molar-refractivity contribution is 0.393. The van der Waals surface area contributed by atoms with E-state index < -0.39 is 0 Å². The SMILES string of the molecule is COc1cc(OC)c2c(=O)cc(/C=C/c3ccccc3)oc2c1CC=C(C)C. The second kappa shape index (κ2) is 8.61. The molecule has 0 amide bonds. The van der Waals surface area contributed by atoms with Crippen LogP contribution in [0.5, 0.6) is 11.5 Å². The average Bonchev–Trinajstić information content (AvgIpc) is 2.70. The van der Waals surface area contributed by atoms with Gasteiger partial charge in [-0.05, 0) is 31.9 Å². The van der Waals surface area contributed by atoms with E-state index in [4.69, 9.17) is 13.9 Å². The minimum atomic E-state index is -0.146. The fourth-order valence-electron chi connectivity index (χ4n) is 3.01. The van der Waals surface area contributed by atoms with Crippen molar-refractivity contribution in [2.45, 2.75) is 20.3 Å². The van der Waals surface area contributed by atoms with E-state index in [9.17, 15) is 4.79 Å². The van der Waals surface area contributed by atoms with Gasteiger partial charge in [0.05, 0.1) is 14.2 Å². The van der Waals surface area contributed by atoms with E-state index in [0.717, 1.165) is 11.1 Å². The molecule has 4 heteroatoms. The van der Waals surface area contributed by atoms with E-state index in [1.807, 2.05) is 50.3 Å². The van der Waals surface area contributed by atoms with E-state index in [-0.39, 0.29) is 5.43 Å².